The Labute approximate surface area is 92.1 Å². The van der Waals surface area contributed by atoms with Crippen LogP contribution in [0.5, 0.6) is 0 Å². The van der Waals surface area contributed by atoms with Gasteiger partial charge in [-0.2, -0.15) is 0 Å². The minimum absolute atomic E-state index is 0.114. The molecule has 4 nitrogen and oxygen atoms in total. The highest BCUT2D eigenvalue weighted by Gasteiger charge is 2.42. The first kappa shape index (κ1) is 13.2. The predicted octanol–water partition coefficient (Wildman–Crippen LogP) is 1.71. The van der Waals surface area contributed by atoms with E-state index in [1.54, 1.807) is 0 Å². The monoisotopic (exact) mass is 233 g/mol. The summed E-state index contributed by atoms with van der Waals surface area (Å²) in [4.78, 5) is 9.23. The zero-order valence-electron chi connectivity index (χ0n) is 9.71. The van der Waals surface area contributed by atoms with E-state index in [4.69, 9.17) is 9.26 Å². The largest absolute Gasteiger partial charge is 0.381 e. The lowest BCUT2D eigenvalue weighted by Gasteiger charge is -2.22. The maximum atomic E-state index is 11.2. The second-order valence-electron chi connectivity index (χ2n) is 4.11. The molecule has 1 N–H and O–H groups in total. The van der Waals surface area contributed by atoms with E-state index in [1.165, 1.54) is 6.66 Å². The van der Waals surface area contributed by atoms with Gasteiger partial charge < -0.3 is 14.2 Å². The van der Waals surface area contributed by atoms with Gasteiger partial charge in [-0.15, -0.1) is 0 Å². The highest BCUT2D eigenvalue weighted by atomic mass is 31.2. The standard InChI is InChI=1S/C9H19BO4P/c1-5-7-6(2)8(9(10-3)13-7)14-15(4,11)12/h6-9H,5H2,1-4H3,(H,11,12)/t6?,7-,8+,9-/m1/s1. The molecule has 0 saturated carbocycles. The first-order valence-corrected chi connectivity index (χ1v) is 7.35. The molecule has 0 aliphatic carbocycles. The molecule has 5 atom stereocenters. The third kappa shape index (κ3) is 3.32. The van der Waals surface area contributed by atoms with Crippen molar-refractivity contribution in [2.45, 2.75) is 45.3 Å². The SMILES string of the molecule is C[B][C@@H]1O[C@H](CC)C(C)[C@@H]1OP(C)(=O)O. The third-order valence-electron chi connectivity index (χ3n) is 2.81. The van der Waals surface area contributed by atoms with E-state index in [9.17, 15) is 9.46 Å². The molecular weight excluding hydrogens is 214 g/mol. The van der Waals surface area contributed by atoms with Crippen LogP contribution in [-0.2, 0) is 13.8 Å². The van der Waals surface area contributed by atoms with Gasteiger partial charge in [0, 0.05) is 12.6 Å². The molecule has 1 heterocycles. The fourth-order valence-corrected chi connectivity index (χ4v) is 2.80. The van der Waals surface area contributed by atoms with Crippen LogP contribution in [0.2, 0.25) is 6.82 Å². The Morgan fingerprint density at radius 2 is 2.20 bits per heavy atom. The summed E-state index contributed by atoms with van der Waals surface area (Å²) in [7, 11) is -1.56. The molecular formula is C9H19BO4P. The summed E-state index contributed by atoms with van der Waals surface area (Å²) in [6.45, 7) is 7.13. The second kappa shape index (κ2) is 5.00. The van der Waals surface area contributed by atoms with Crippen LogP contribution >= 0.6 is 7.60 Å². The Hall–Kier alpha value is 0.175. The maximum absolute atomic E-state index is 11.2. The average molecular weight is 233 g/mol. The molecule has 0 aromatic rings. The molecule has 87 valence electrons. The van der Waals surface area contributed by atoms with Crippen molar-refractivity contribution >= 4 is 14.9 Å². The summed E-state index contributed by atoms with van der Waals surface area (Å²) in [6, 6.07) is -0.176. The molecule has 0 bridgehead atoms. The summed E-state index contributed by atoms with van der Waals surface area (Å²) < 4.78 is 22.2. The van der Waals surface area contributed by atoms with Crippen LogP contribution in [0.25, 0.3) is 0 Å². The lowest BCUT2D eigenvalue weighted by Crippen LogP contribution is -2.31. The second-order valence-corrected chi connectivity index (χ2v) is 5.93. The average Bonchev–Trinajstić information content (AvgIpc) is 2.42. The number of hydrogen-bond acceptors (Lipinski definition) is 3. The normalized spacial score (nSPS) is 40.1. The van der Waals surface area contributed by atoms with Crippen molar-refractivity contribution in [2.24, 2.45) is 5.92 Å². The van der Waals surface area contributed by atoms with E-state index >= 15 is 0 Å². The molecule has 1 rings (SSSR count). The lowest BCUT2D eigenvalue weighted by atomic mass is 9.71. The molecule has 15 heavy (non-hydrogen) atoms. The van der Waals surface area contributed by atoms with Crippen LogP contribution in [0.1, 0.15) is 20.3 Å². The van der Waals surface area contributed by atoms with E-state index < -0.39 is 7.60 Å². The Morgan fingerprint density at radius 1 is 1.60 bits per heavy atom. The summed E-state index contributed by atoms with van der Waals surface area (Å²) >= 11 is 0. The van der Waals surface area contributed by atoms with Gasteiger partial charge in [0.15, 0.2) is 0 Å². The van der Waals surface area contributed by atoms with Crippen LogP contribution in [0.4, 0.5) is 0 Å². The van der Waals surface area contributed by atoms with Crippen LogP contribution in [-0.4, -0.2) is 37.0 Å². The van der Waals surface area contributed by atoms with Crippen molar-refractivity contribution in [1.29, 1.82) is 0 Å². The van der Waals surface area contributed by atoms with Gasteiger partial charge >= 0.3 is 7.60 Å². The van der Waals surface area contributed by atoms with Gasteiger partial charge in [-0.1, -0.05) is 20.7 Å². The molecule has 1 saturated heterocycles. The third-order valence-corrected chi connectivity index (χ3v) is 3.44. The minimum Gasteiger partial charge on any atom is -0.381 e. The molecule has 2 unspecified atom stereocenters. The van der Waals surface area contributed by atoms with Gasteiger partial charge in [-0.3, -0.25) is 4.57 Å². The van der Waals surface area contributed by atoms with Crippen LogP contribution in [0.3, 0.4) is 0 Å². The molecule has 0 amide bonds. The van der Waals surface area contributed by atoms with Crippen LogP contribution < -0.4 is 0 Å². The van der Waals surface area contributed by atoms with Crippen LogP contribution in [0.15, 0.2) is 0 Å². The fourth-order valence-electron chi connectivity index (χ4n) is 2.03. The van der Waals surface area contributed by atoms with Crippen molar-refractivity contribution in [2.75, 3.05) is 6.66 Å². The van der Waals surface area contributed by atoms with Gasteiger partial charge in [0.05, 0.1) is 18.2 Å². The first-order valence-electron chi connectivity index (χ1n) is 5.32. The summed E-state index contributed by atoms with van der Waals surface area (Å²) in [5.41, 5.74) is 0. The quantitative estimate of drug-likeness (QED) is 0.593. The van der Waals surface area contributed by atoms with Gasteiger partial charge in [-0.05, 0) is 6.42 Å². The Morgan fingerprint density at radius 3 is 2.60 bits per heavy atom. The van der Waals surface area contributed by atoms with Crippen molar-refractivity contribution < 1.29 is 18.7 Å². The van der Waals surface area contributed by atoms with Gasteiger partial charge in [0.1, 0.15) is 7.28 Å². The van der Waals surface area contributed by atoms with E-state index in [0.717, 1.165) is 6.42 Å². The number of ether oxygens (including phenoxy) is 1. The highest BCUT2D eigenvalue weighted by molar-refractivity contribution is 7.51. The van der Waals surface area contributed by atoms with E-state index in [0.29, 0.717) is 0 Å². The topological polar surface area (TPSA) is 55.8 Å². The fraction of sp³-hybridized carbons (Fsp3) is 1.00. The molecule has 0 aromatic heterocycles. The zero-order chi connectivity index (χ0) is 11.6. The van der Waals surface area contributed by atoms with Gasteiger partial charge in [0.2, 0.25) is 0 Å². The van der Waals surface area contributed by atoms with Crippen molar-refractivity contribution in [3.05, 3.63) is 0 Å². The Kier molecular flexibility index (Phi) is 4.42. The predicted molar refractivity (Wildman–Crippen MR) is 60.4 cm³/mol. The lowest BCUT2D eigenvalue weighted by molar-refractivity contribution is 0.0585. The molecule has 1 aliphatic heterocycles. The number of hydrogen-bond donors (Lipinski definition) is 1. The summed E-state index contributed by atoms with van der Waals surface area (Å²) in [6.07, 6.45) is 0.702. The van der Waals surface area contributed by atoms with Crippen molar-refractivity contribution in [1.82, 2.24) is 0 Å². The smallest absolute Gasteiger partial charge is 0.325 e. The van der Waals surface area contributed by atoms with Crippen molar-refractivity contribution in [3.63, 3.8) is 0 Å². The van der Waals surface area contributed by atoms with E-state index in [-0.39, 0.29) is 24.1 Å². The van der Waals surface area contributed by atoms with E-state index in [1.807, 2.05) is 28.0 Å². The highest BCUT2D eigenvalue weighted by Crippen LogP contribution is 2.44. The molecule has 1 radical (unpaired) electrons. The van der Waals surface area contributed by atoms with Crippen LogP contribution in [0, 0.1) is 5.92 Å². The van der Waals surface area contributed by atoms with Crippen molar-refractivity contribution in [3.8, 4) is 0 Å². The van der Waals surface area contributed by atoms with E-state index in [2.05, 4.69) is 0 Å². The number of rotatable bonds is 4. The minimum atomic E-state index is -3.44. The molecule has 0 spiro atoms. The maximum Gasteiger partial charge on any atom is 0.325 e. The Balaban J connectivity index is 2.72. The molecule has 0 aromatic carbocycles. The summed E-state index contributed by atoms with van der Waals surface area (Å²) in [5.74, 6) is 0.150. The zero-order valence-corrected chi connectivity index (χ0v) is 10.6. The molecule has 6 heteroatoms. The molecule has 1 aliphatic rings. The van der Waals surface area contributed by atoms with Gasteiger partial charge in [-0.25, -0.2) is 0 Å². The summed E-state index contributed by atoms with van der Waals surface area (Å²) in [5, 5.41) is 0. The van der Waals surface area contributed by atoms with Gasteiger partial charge in [0.25, 0.3) is 0 Å². The molecule has 1 fully saturated rings. The Bertz CT molecular complexity index is 252. The first-order chi connectivity index (χ1) is 6.89.